The van der Waals surface area contributed by atoms with Crippen molar-refractivity contribution in [1.82, 2.24) is 0 Å². The fourth-order valence-corrected chi connectivity index (χ4v) is 6.49. The van der Waals surface area contributed by atoms with Crippen molar-refractivity contribution in [2.24, 2.45) is 0 Å². The summed E-state index contributed by atoms with van der Waals surface area (Å²) >= 11 is 0. The Balaban J connectivity index is 1.42. The lowest BCUT2D eigenvalue weighted by atomic mass is 10.0. The highest BCUT2D eigenvalue weighted by Gasteiger charge is 2.28. The van der Waals surface area contributed by atoms with Crippen molar-refractivity contribution in [3.63, 3.8) is 0 Å². The van der Waals surface area contributed by atoms with Gasteiger partial charge in [-0.1, -0.05) is 79.7 Å². The average molecular weight is 672 g/mol. The minimum absolute atomic E-state index is 0.0220. The Labute approximate surface area is 273 Å². The largest absolute Gasteiger partial charge is 0.456 e. The molecule has 1 aliphatic heterocycles. The van der Waals surface area contributed by atoms with Gasteiger partial charge in [-0.15, -0.1) is 0 Å². The first kappa shape index (κ1) is 32.3. The molecule has 0 radical (unpaired) electrons. The maximum absolute atomic E-state index is 11.8. The minimum Gasteiger partial charge on any atom is -0.456 e. The molecule has 0 aliphatic carbocycles. The molecule has 0 fully saturated rings. The van der Waals surface area contributed by atoms with Gasteiger partial charge in [0.15, 0.2) is 5.75 Å². The Morgan fingerprint density at radius 3 is 2.00 bits per heavy atom. The number of rotatable bonds is 11. The van der Waals surface area contributed by atoms with Gasteiger partial charge in [0.1, 0.15) is 11.3 Å². The van der Waals surface area contributed by atoms with Crippen molar-refractivity contribution >= 4 is 43.0 Å². The van der Waals surface area contributed by atoms with Crippen molar-refractivity contribution in [3.8, 4) is 28.0 Å². The van der Waals surface area contributed by atoms with Crippen LogP contribution >= 0.6 is 0 Å². The Kier molecular flexibility index (Phi) is 9.07. The van der Waals surface area contributed by atoms with Crippen LogP contribution in [-0.2, 0) is 26.7 Å². The molecule has 1 aromatic heterocycles. The van der Waals surface area contributed by atoms with Gasteiger partial charge in [0.05, 0.1) is 17.2 Å². The SMILES string of the molecule is CCC(=Cc1oc2ccc(-c3ccccc3)cc2c1CCS(=O)(=O)O)C=C1Oc2ccc(-c3ccccc3)cc2N1CCS(=O)(=O)O. The number of hydrogen-bond donors (Lipinski definition) is 2. The fraction of sp³-hybridized carbons (Fsp3) is 0.167. The Morgan fingerprint density at radius 2 is 1.38 bits per heavy atom. The molecule has 0 spiro atoms. The van der Waals surface area contributed by atoms with E-state index in [9.17, 15) is 25.9 Å². The molecule has 1 aliphatic rings. The first-order valence-electron chi connectivity index (χ1n) is 15.1. The summed E-state index contributed by atoms with van der Waals surface area (Å²) in [5, 5.41) is 0.733. The summed E-state index contributed by atoms with van der Waals surface area (Å²) in [4.78, 5) is 1.71. The van der Waals surface area contributed by atoms with Crippen LogP contribution in [0.25, 0.3) is 39.3 Å². The zero-order valence-corrected chi connectivity index (χ0v) is 27.2. The lowest BCUT2D eigenvalue weighted by Crippen LogP contribution is -2.27. The van der Waals surface area contributed by atoms with Crippen LogP contribution < -0.4 is 9.64 Å². The third-order valence-electron chi connectivity index (χ3n) is 7.98. The van der Waals surface area contributed by atoms with Crippen LogP contribution in [0.15, 0.2) is 119 Å². The van der Waals surface area contributed by atoms with E-state index in [0.717, 1.165) is 33.2 Å². The minimum atomic E-state index is -4.27. The Morgan fingerprint density at radius 1 is 0.766 bits per heavy atom. The molecule has 4 aromatic carbocycles. The molecule has 0 saturated carbocycles. The van der Waals surface area contributed by atoms with E-state index in [-0.39, 0.29) is 13.0 Å². The highest BCUT2D eigenvalue weighted by Crippen LogP contribution is 2.42. The third kappa shape index (κ3) is 7.66. The highest BCUT2D eigenvalue weighted by atomic mass is 32.2. The molecule has 0 atom stereocenters. The number of benzene rings is 4. The molecule has 6 rings (SSSR count). The molecule has 9 nitrogen and oxygen atoms in total. The Hall–Kier alpha value is -4.68. The molecule has 0 amide bonds. The lowest BCUT2D eigenvalue weighted by Gasteiger charge is -2.18. The molecule has 5 aromatic rings. The second-order valence-corrected chi connectivity index (χ2v) is 14.3. The van der Waals surface area contributed by atoms with Crippen LogP contribution in [0.2, 0.25) is 0 Å². The van der Waals surface area contributed by atoms with Gasteiger partial charge in [-0.2, -0.15) is 16.8 Å². The van der Waals surface area contributed by atoms with Gasteiger partial charge in [-0.25, -0.2) is 0 Å². The molecule has 0 bridgehead atoms. The maximum atomic E-state index is 11.8. The van der Waals surface area contributed by atoms with Crippen LogP contribution in [0.3, 0.4) is 0 Å². The number of anilines is 1. The monoisotopic (exact) mass is 671 g/mol. The van der Waals surface area contributed by atoms with Crippen molar-refractivity contribution < 1.29 is 35.1 Å². The summed E-state index contributed by atoms with van der Waals surface area (Å²) in [6.07, 6.45) is 4.13. The fourth-order valence-electron chi connectivity index (χ4n) is 5.61. The van der Waals surface area contributed by atoms with Crippen molar-refractivity contribution in [2.75, 3.05) is 23.0 Å². The number of allylic oxidation sites excluding steroid dienone is 2. The van der Waals surface area contributed by atoms with E-state index in [2.05, 4.69) is 0 Å². The summed E-state index contributed by atoms with van der Waals surface area (Å²) < 4.78 is 78.7. The Bertz CT molecular complexity index is 2210. The van der Waals surface area contributed by atoms with Gasteiger partial charge in [0.2, 0.25) is 5.88 Å². The maximum Gasteiger partial charge on any atom is 0.266 e. The summed E-state index contributed by atoms with van der Waals surface area (Å²) in [6.45, 7) is 1.88. The van der Waals surface area contributed by atoms with Crippen molar-refractivity contribution in [1.29, 1.82) is 0 Å². The zero-order valence-electron chi connectivity index (χ0n) is 25.5. The molecule has 11 heteroatoms. The summed E-state index contributed by atoms with van der Waals surface area (Å²) in [7, 11) is -8.52. The van der Waals surface area contributed by atoms with Crippen LogP contribution in [0.1, 0.15) is 24.7 Å². The molecular weight excluding hydrogens is 639 g/mol. The normalized spacial score (nSPS) is 14.5. The molecular formula is C36H33NO8S2. The second-order valence-electron chi connectivity index (χ2n) is 11.2. The quantitative estimate of drug-likeness (QED) is 0.136. The van der Waals surface area contributed by atoms with Gasteiger partial charge in [-0.05, 0) is 71.0 Å². The summed E-state index contributed by atoms with van der Waals surface area (Å²) in [5.74, 6) is 0.346. The molecule has 2 heterocycles. The van der Waals surface area contributed by atoms with Crippen molar-refractivity contribution in [3.05, 3.63) is 126 Å². The van der Waals surface area contributed by atoms with Gasteiger partial charge in [-0.3, -0.25) is 9.11 Å². The second kappa shape index (κ2) is 13.2. The van der Waals surface area contributed by atoms with Crippen LogP contribution in [-0.4, -0.2) is 44.0 Å². The number of fused-ring (bicyclic) bond motifs is 2. The first-order valence-corrected chi connectivity index (χ1v) is 18.3. The van der Waals surface area contributed by atoms with Crippen molar-refractivity contribution in [2.45, 2.75) is 19.8 Å². The van der Waals surface area contributed by atoms with Crippen LogP contribution in [0.4, 0.5) is 5.69 Å². The first-order chi connectivity index (χ1) is 22.5. The molecule has 47 heavy (non-hydrogen) atoms. The van der Waals surface area contributed by atoms with E-state index in [4.69, 9.17) is 9.15 Å². The van der Waals surface area contributed by atoms with Gasteiger partial charge in [0, 0.05) is 23.6 Å². The lowest BCUT2D eigenvalue weighted by molar-refractivity contribution is 0.438. The standard InChI is InChI=1S/C36H33NO8S2/c1-2-25(21-35-30(17-19-46(38,39)40)31-23-28(13-15-33(31)44-35)26-9-5-3-6-10-26)22-36-37(18-20-47(41,42)43)32-24-29(14-16-34(32)45-36)27-11-7-4-8-12-27/h3-16,21-24H,2,17-20H2,1H3,(H,38,39,40)(H,41,42,43). The van der Waals surface area contributed by atoms with Gasteiger partial charge >= 0.3 is 0 Å². The molecule has 2 N–H and O–H groups in total. The van der Waals surface area contributed by atoms with Crippen LogP contribution in [0.5, 0.6) is 5.75 Å². The van der Waals surface area contributed by atoms with E-state index in [1.54, 1.807) is 17.1 Å². The van der Waals surface area contributed by atoms with Gasteiger partial charge in [0.25, 0.3) is 20.2 Å². The van der Waals surface area contributed by atoms with E-state index in [1.165, 1.54) is 0 Å². The number of nitrogens with zero attached hydrogens (tertiary/aromatic N) is 1. The number of furan rings is 1. The van der Waals surface area contributed by atoms with Crippen LogP contribution in [0, 0.1) is 0 Å². The number of aryl methyl sites for hydroxylation is 1. The average Bonchev–Trinajstić information content (AvgIpc) is 3.58. The molecule has 0 saturated heterocycles. The molecule has 0 unspecified atom stereocenters. The van der Waals surface area contributed by atoms with E-state index in [0.29, 0.717) is 40.6 Å². The third-order valence-corrected chi connectivity index (χ3v) is 9.40. The summed E-state index contributed by atoms with van der Waals surface area (Å²) in [6, 6.07) is 30.9. The number of ether oxygens (including phenoxy) is 1. The predicted molar refractivity (Wildman–Crippen MR) is 184 cm³/mol. The van der Waals surface area contributed by atoms with E-state index in [1.807, 2.05) is 104 Å². The van der Waals surface area contributed by atoms with Gasteiger partial charge < -0.3 is 14.1 Å². The smallest absolute Gasteiger partial charge is 0.266 e. The topological polar surface area (TPSA) is 134 Å². The zero-order chi connectivity index (χ0) is 33.2. The predicted octanol–water partition coefficient (Wildman–Crippen LogP) is 7.62. The molecule has 242 valence electrons. The highest BCUT2D eigenvalue weighted by molar-refractivity contribution is 7.86. The van der Waals surface area contributed by atoms with E-state index < -0.39 is 31.7 Å². The summed E-state index contributed by atoms with van der Waals surface area (Å²) in [5.41, 5.74) is 6.43. The number of hydrogen-bond acceptors (Lipinski definition) is 7. The van der Waals surface area contributed by atoms with E-state index >= 15 is 0 Å².